The molecule has 0 amide bonds. The molecule has 2 heteroatoms. The van der Waals surface area contributed by atoms with E-state index in [4.69, 9.17) is 4.74 Å². The minimum absolute atomic E-state index is 0.595. The van der Waals surface area contributed by atoms with Gasteiger partial charge in [0.15, 0.2) is 0 Å². The van der Waals surface area contributed by atoms with Crippen LogP contribution in [-0.2, 0) is 4.74 Å². The second kappa shape index (κ2) is 1.96. The van der Waals surface area contributed by atoms with E-state index in [-0.39, 0.29) is 0 Å². The van der Waals surface area contributed by atoms with Gasteiger partial charge in [0.2, 0.25) is 0 Å². The Morgan fingerprint density at radius 1 is 1.56 bits per heavy atom. The normalized spacial score (nSPS) is 43.7. The van der Waals surface area contributed by atoms with Gasteiger partial charge in [-0.1, -0.05) is 0 Å². The van der Waals surface area contributed by atoms with Crippen LogP contribution >= 0.6 is 0 Å². The summed E-state index contributed by atoms with van der Waals surface area (Å²) in [5.74, 6) is 0. The highest BCUT2D eigenvalue weighted by molar-refractivity contribution is 4.89. The highest BCUT2D eigenvalue weighted by Gasteiger charge is 2.37. The molecule has 9 heavy (non-hydrogen) atoms. The average Bonchev–Trinajstić information content (AvgIpc) is 2.58. The van der Waals surface area contributed by atoms with Gasteiger partial charge in [0.05, 0.1) is 12.7 Å². The summed E-state index contributed by atoms with van der Waals surface area (Å²) < 4.78 is 5.22. The predicted octanol–water partition coefficient (Wildman–Crippen LogP) is 0.479. The van der Waals surface area contributed by atoms with Crippen LogP contribution in [0.5, 0.6) is 0 Å². The molecule has 2 aliphatic rings. The zero-order valence-electron chi connectivity index (χ0n) is 5.84. The summed E-state index contributed by atoms with van der Waals surface area (Å²) in [6.45, 7) is 2.28. The molecule has 0 aromatic carbocycles. The molecule has 0 aliphatic carbocycles. The Bertz CT molecular complexity index is 111. The number of likely N-dealkylation sites (tertiary alicyclic amines) is 1. The largest absolute Gasteiger partial charge is 0.371 e. The van der Waals surface area contributed by atoms with Crippen molar-refractivity contribution in [1.82, 2.24) is 4.90 Å². The lowest BCUT2D eigenvalue weighted by Gasteiger charge is -2.15. The number of epoxide rings is 1. The molecule has 2 rings (SSSR count). The summed E-state index contributed by atoms with van der Waals surface area (Å²) in [5, 5.41) is 0. The van der Waals surface area contributed by atoms with Crippen molar-refractivity contribution in [3.05, 3.63) is 0 Å². The zero-order valence-corrected chi connectivity index (χ0v) is 5.84. The summed E-state index contributed by atoms with van der Waals surface area (Å²) in [6.07, 6.45) is 3.31. The molecule has 2 saturated heterocycles. The first kappa shape index (κ1) is 5.69. The van der Waals surface area contributed by atoms with E-state index in [0.29, 0.717) is 6.10 Å². The first-order valence-corrected chi connectivity index (χ1v) is 3.70. The Balaban J connectivity index is 1.93. The van der Waals surface area contributed by atoms with E-state index in [1.54, 1.807) is 0 Å². The standard InChI is InChI=1S/C7H13NO/c1-8-4-2-3-6(8)7-5-9-7/h6-7H,2-5H2,1H3/t6-,7-/m1/s1. The van der Waals surface area contributed by atoms with Crippen LogP contribution in [0, 0.1) is 0 Å². The van der Waals surface area contributed by atoms with E-state index in [0.717, 1.165) is 12.6 Å². The van der Waals surface area contributed by atoms with Gasteiger partial charge in [-0.3, -0.25) is 0 Å². The van der Waals surface area contributed by atoms with Crippen molar-refractivity contribution in [3.8, 4) is 0 Å². The fraction of sp³-hybridized carbons (Fsp3) is 1.00. The molecule has 2 atom stereocenters. The van der Waals surface area contributed by atoms with Gasteiger partial charge in [-0.2, -0.15) is 0 Å². The Morgan fingerprint density at radius 2 is 2.33 bits per heavy atom. The summed E-state index contributed by atoms with van der Waals surface area (Å²) in [5.41, 5.74) is 0. The number of hydrogen-bond donors (Lipinski definition) is 0. The molecular weight excluding hydrogens is 114 g/mol. The lowest BCUT2D eigenvalue weighted by molar-refractivity contribution is 0.245. The molecule has 0 unspecified atom stereocenters. The number of hydrogen-bond acceptors (Lipinski definition) is 2. The lowest BCUT2D eigenvalue weighted by Crippen LogP contribution is -2.29. The Kier molecular flexibility index (Phi) is 1.24. The lowest BCUT2D eigenvalue weighted by atomic mass is 10.2. The molecule has 0 saturated carbocycles. The van der Waals surface area contributed by atoms with Crippen LogP contribution in [0.1, 0.15) is 12.8 Å². The van der Waals surface area contributed by atoms with Crippen molar-refractivity contribution in [2.75, 3.05) is 20.2 Å². The number of likely N-dealkylation sites (N-methyl/N-ethyl adjacent to an activating group) is 1. The van der Waals surface area contributed by atoms with Gasteiger partial charge >= 0.3 is 0 Å². The van der Waals surface area contributed by atoms with Gasteiger partial charge in [-0.05, 0) is 26.4 Å². The quantitative estimate of drug-likeness (QED) is 0.476. The highest BCUT2D eigenvalue weighted by atomic mass is 16.6. The van der Waals surface area contributed by atoms with Crippen LogP contribution in [-0.4, -0.2) is 37.2 Å². The van der Waals surface area contributed by atoms with Gasteiger partial charge in [-0.15, -0.1) is 0 Å². The zero-order chi connectivity index (χ0) is 6.27. The second-order valence-electron chi connectivity index (χ2n) is 3.06. The minimum atomic E-state index is 0.595. The van der Waals surface area contributed by atoms with Crippen molar-refractivity contribution in [2.24, 2.45) is 0 Å². The van der Waals surface area contributed by atoms with E-state index in [9.17, 15) is 0 Å². The van der Waals surface area contributed by atoms with Gasteiger partial charge in [0.1, 0.15) is 0 Å². The van der Waals surface area contributed by atoms with Gasteiger partial charge < -0.3 is 9.64 Å². The Morgan fingerprint density at radius 3 is 2.78 bits per heavy atom. The number of nitrogens with zero attached hydrogens (tertiary/aromatic N) is 1. The number of rotatable bonds is 1. The van der Waals surface area contributed by atoms with E-state index < -0.39 is 0 Å². The molecule has 52 valence electrons. The number of ether oxygens (including phenoxy) is 1. The van der Waals surface area contributed by atoms with Crippen LogP contribution in [0.4, 0.5) is 0 Å². The monoisotopic (exact) mass is 127 g/mol. The first-order chi connectivity index (χ1) is 4.38. The average molecular weight is 127 g/mol. The van der Waals surface area contributed by atoms with Crippen molar-refractivity contribution in [2.45, 2.75) is 25.0 Å². The highest BCUT2D eigenvalue weighted by Crippen LogP contribution is 2.26. The van der Waals surface area contributed by atoms with Gasteiger partial charge in [-0.25, -0.2) is 0 Å². The van der Waals surface area contributed by atoms with Gasteiger partial charge in [0.25, 0.3) is 0 Å². The van der Waals surface area contributed by atoms with E-state index in [2.05, 4.69) is 11.9 Å². The SMILES string of the molecule is CN1CCC[C@@H]1[C@H]1CO1. The molecule has 0 N–H and O–H groups in total. The minimum Gasteiger partial charge on any atom is -0.371 e. The summed E-state index contributed by atoms with van der Waals surface area (Å²) in [4.78, 5) is 2.41. The van der Waals surface area contributed by atoms with E-state index in [1.165, 1.54) is 19.4 Å². The molecule has 2 nitrogen and oxygen atoms in total. The van der Waals surface area contributed by atoms with Crippen molar-refractivity contribution >= 4 is 0 Å². The molecule has 0 radical (unpaired) electrons. The van der Waals surface area contributed by atoms with Crippen LogP contribution < -0.4 is 0 Å². The fourth-order valence-electron chi connectivity index (χ4n) is 1.68. The fourth-order valence-corrected chi connectivity index (χ4v) is 1.68. The molecule has 0 spiro atoms. The maximum Gasteiger partial charge on any atom is 0.0964 e. The molecule has 2 fully saturated rings. The van der Waals surface area contributed by atoms with Crippen molar-refractivity contribution in [3.63, 3.8) is 0 Å². The topological polar surface area (TPSA) is 15.8 Å². The third kappa shape index (κ3) is 0.970. The summed E-state index contributed by atoms with van der Waals surface area (Å²) >= 11 is 0. The summed E-state index contributed by atoms with van der Waals surface area (Å²) in [7, 11) is 2.19. The predicted molar refractivity (Wildman–Crippen MR) is 35.4 cm³/mol. The van der Waals surface area contributed by atoms with Crippen molar-refractivity contribution in [1.29, 1.82) is 0 Å². The van der Waals surface area contributed by atoms with Crippen LogP contribution in [0.25, 0.3) is 0 Å². The third-order valence-electron chi connectivity index (χ3n) is 2.37. The second-order valence-corrected chi connectivity index (χ2v) is 3.06. The molecule has 0 bridgehead atoms. The molecule has 2 heterocycles. The van der Waals surface area contributed by atoms with Crippen LogP contribution in [0.2, 0.25) is 0 Å². The van der Waals surface area contributed by atoms with Crippen LogP contribution in [0.15, 0.2) is 0 Å². The maximum atomic E-state index is 5.22. The molecule has 0 aromatic rings. The Hall–Kier alpha value is -0.0800. The Labute approximate surface area is 55.8 Å². The third-order valence-corrected chi connectivity index (χ3v) is 2.37. The van der Waals surface area contributed by atoms with E-state index >= 15 is 0 Å². The maximum absolute atomic E-state index is 5.22. The van der Waals surface area contributed by atoms with Gasteiger partial charge in [0, 0.05) is 6.04 Å². The molecular formula is C7H13NO. The summed E-state index contributed by atoms with van der Waals surface area (Å²) in [6, 6.07) is 0.755. The first-order valence-electron chi connectivity index (χ1n) is 3.70. The molecule has 0 aromatic heterocycles. The smallest absolute Gasteiger partial charge is 0.0964 e. The van der Waals surface area contributed by atoms with E-state index in [1.807, 2.05) is 0 Å². The van der Waals surface area contributed by atoms with Crippen LogP contribution in [0.3, 0.4) is 0 Å². The molecule has 2 aliphatic heterocycles. The van der Waals surface area contributed by atoms with Crippen molar-refractivity contribution < 1.29 is 4.74 Å².